The molecule has 0 saturated carbocycles. The van der Waals surface area contributed by atoms with Crippen molar-refractivity contribution in [2.75, 3.05) is 17.7 Å². The third-order valence-electron chi connectivity index (χ3n) is 2.95. The fourth-order valence-electron chi connectivity index (χ4n) is 1.90. The Balaban J connectivity index is 2.28. The zero-order valence-corrected chi connectivity index (χ0v) is 12.7. The van der Waals surface area contributed by atoms with Gasteiger partial charge >= 0.3 is 5.97 Å². The molecular weight excluding hydrogens is 288 g/mol. The Morgan fingerprint density at radius 3 is 2.71 bits per heavy atom. The van der Waals surface area contributed by atoms with Gasteiger partial charge in [-0.05, 0) is 49.7 Å². The van der Waals surface area contributed by atoms with Crippen LogP contribution in [0.3, 0.4) is 0 Å². The van der Waals surface area contributed by atoms with E-state index in [0.29, 0.717) is 22.9 Å². The van der Waals surface area contributed by atoms with E-state index in [9.17, 15) is 4.79 Å². The Labute approximate surface area is 128 Å². The van der Waals surface area contributed by atoms with Crippen LogP contribution >= 0.6 is 11.6 Å². The molecule has 0 aliphatic heterocycles. The second kappa shape index (κ2) is 6.50. The minimum atomic E-state index is -0.436. The first-order chi connectivity index (χ1) is 10.0. The zero-order valence-electron chi connectivity index (χ0n) is 11.9. The van der Waals surface area contributed by atoms with E-state index in [2.05, 4.69) is 5.32 Å². The fourth-order valence-corrected chi connectivity index (χ4v) is 2.18. The molecule has 0 aliphatic rings. The zero-order chi connectivity index (χ0) is 15.4. The van der Waals surface area contributed by atoms with Crippen LogP contribution in [-0.4, -0.2) is 12.6 Å². The van der Waals surface area contributed by atoms with Gasteiger partial charge in [-0.3, -0.25) is 0 Å². The van der Waals surface area contributed by atoms with Crippen molar-refractivity contribution in [1.82, 2.24) is 0 Å². The van der Waals surface area contributed by atoms with Crippen molar-refractivity contribution in [2.45, 2.75) is 13.8 Å². The molecule has 0 aliphatic carbocycles. The summed E-state index contributed by atoms with van der Waals surface area (Å²) < 4.78 is 4.98. The average Bonchev–Trinajstić information content (AvgIpc) is 2.44. The molecule has 2 rings (SSSR count). The second-order valence-corrected chi connectivity index (χ2v) is 5.04. The minimum absolute atomic E-state index is 0.305. The van der Waals surface area contributed by atoms with Crippen molar-refractivity contribution in [3.63, 3.8) is 0 Å². The fraction of sp³-hybridized carbons (Fsp3) is 0.188. The summed E-state index contributed by atoms with van der Waals surface area (Å²) in [5.41, 5.74) is 9.10. The lowest BCUT2D eigenvalue weighted by Crippen LogP contribution is -2.08. The Kier molecular flexibility index (Phi) is 4.70. The Morgan fingerprint density at radius 2 is 2.05 bits per heavy atom. The van der Waals surface area contributed by atoms with E-state index in [4.69, 9.17) is 22.1 Å². The monoisotopic (exact) mass is 304 g/mol. The highest BCUT2D eigenvalue weighted by Gasteiger charge is 2.12. The molecule has 0 radical (unpaired) electrons. The predicted molar refractivity (Wildman–Crippen MR) is 86.3 cm³/mol. The largest absolute Gasteiger partial charge is 0.462 e. The number of nitrogens with one attached hydrogen (secondary N) is 1. The third kappa shape index (κ3) is 3.67. The number of carbonyl (C=O) groups is 1. The number of esters is 1. The Bertz CT molecular complexity index is 671. The quantitative estimate of drug-likeness (QED) is 0.658. The van der Waals surface area contributed by atoms with E-state index in [1.807, 2.05) is 25.1 Å². The van der Waals surface area contributed by atoms with Crippen molar-refractivity contribution in [1.29, 1.82) is 0 Å². The van der Waals surface area contributed by atoms with Crippen molar-refractivity contribution >= 4 is 34.6 Å². The molecule has 3 N–H and O–H groups in total. The van der Waals surface area contributed by atoms with E-state index in [1.54, 1.807) is 25.1 Å². The lowest BCUT2D eigenvalue weighted by atomic mass is 10.1. The van der Waals surface area contributed by atoms with Gasteiger partial charge in [-0.25, -0.2) is 4.79 Å². The molecule has 0 fully saturated rings. The number of hydrogen-bond donors (Lipinski definition) is 2. The Morgan fingerprint density at radius 1 is 1.29 bits per heavy atom. The lowest BCUT2D eigenvalue weighted by Gasteiger charge is -2.11. The van der Waals surface area contributed by atoms with Gasteiger partial charge in [0, 0.05) is 11.4 Å². The normalized spacial score (nSPS) is 10.2. The SMILES string of the molecule is CCOC(=O)c1cc(Nc2ccc(C)cc2Cl)ccc1N. The smallest absolute Gasteiger partial charge is 0.340 e. The van der Waals surface area contributed by atoms with Gasteiger partial charge < -0.3 is 15.8 Å². The maximum Gasteiger partial charge on any atom is 0.340 e. The van der Waals surface area contributed by atoms with Gasteiger partial charge in [-0.1, -0.05) is 17.7 Å². The van der Waals surface area contributed by atoms with E-state index in [0.717, 1.165) is 16.9 Å². The van der Waals surface area contributed by atoms with Crippen molar-refractivity contribution in [2.24, 2.45) is 0 Å². The molecular formula is C16H17ClN2O2. The van der Waals surface area contributed by atoms with Crippen LogP contribution in [0.25, 0.3) is 0 Å². The molecule has 0 saturated heterocycles. The van der Waals surface area contributed by atoms with E-state index >= 15 is 0 Å². The van der Waals surface area contributed by atoms with Gasteiger partial charge in [0.05, 0.1) is 22.9 Å². The molecule has 2 aromatic carbocycles. The molecule has 0 heterocycles. The van der Waals surface area contributed by atoms with Gasteiger partial charge in [0.15, 0.2) is 0 Å². The van der Waals surface area contributed by atoms with Crippen LogP contribution in [0.2, 0.25) is 5.02 Å². The molecule has 0 atom stereocenters. The minimum Gasteiger partial charge on any atom is -0.462 e. The topological polar surface area (TPSA) is 64.3 Å². The van der Waals surface area contributed by atoms with Crippen LogP contribution in [0, 0.1) is 6.92 Å². The van der Waals surface area contributed by atoms with Gasteiger partial charge in [0.25, 0.3) is 0 Å². The highest BCUT2D eigenvalue weighted by Crippen LogP contribution is 2.28. The van der Waals surface area contributed by atoms with Crippen LogP contribution in [0.1, 0.15) is 22.8 Å². The number of nitrogens with two attached hydrogens (primary N) is 1. The predicted octanol–water partition coefficient (Wildman–Crippen LogP) is 4.15. The van der Waals surface area contributed by atoms with Crippen LogP contribution in [0.4, 0.5) is 17.1 Å². The summed E-state index contributed by atoms with van der Waals surface area (Å²) in [6.45, 7) is 4.03. The number of ether oxygens (including phenoxy) is 1. The number of rotatable bonds is 4. The molecule has 0 unspecified atom stereocenters. The number of anilines is 3. The van der Waals surface area contributed by atoms with Crippen molar-refractivity contribution < 1.29 is 9.53 Å². The number of nitrogen functional groups attached to an aromatic ring is 1. The Hall–Kier alpha value is -2.20. The molecule has 4 nitrogen and oxygen atoms in total. The maximum atomic E-state index is 11.8. The summed E-state index contributed by atoms with van der Waals surface area (Å²) in [4.78, 5) is 11.8. The summed E-state index contributed by atoms with van der Waals surface area (Å²) in [5.74, 6) is -0.436. The third-order valence-corrected chi connectivity index (χ3v) is 3.26. The van der Waals surface area contributed by atoms with E-state index < -0.39 is 5.97 Å². The number of halogens is 1. The molecule has 0 bridgehead atoms. The van der Waals surface area contributed by atoms with Crippen LogP contribution in [-0.2, 0) is 4.74 Å². The summed E-state index contributed by atoms with van der Waals surface area (Å²) in [6.07, 6.45) is 0. The highest BCUT2D eigenvalue weighted by molar-refractivity contribution is 6.33. The molecule has 21 heavy (non-hydrogen) atoms. The summed E-state index contributed by atoms with van der Waals surface area (Å²) in [5, 5.41) is 3.78. The number of hydrogen-bond acceptors (Lipinski definition) is 4. The first-order valence-corrected chi connectivity index (χ1v) is 6.99. The average molecular weight is 305 g/mol. The highest BCUT2D eigenvalue weighted by atomic mass is 35.5. The van der Waals surface area contributed by atoms with Gasteiger partial charge in [0.1, 0.15) is 0 Å². The molecule has 0 amide bonds. The number of carbonyl (C=O) groups excluding carboxylic acids is 1. The standard InChI is InChI=1S/C16H17ClN2O2/c1-3-21-16(20)12-9-11(5-6-14(12)18)19-15-7-4-10(2)8-13(15)17/h4-9,19H,3,18H2,1-2H3. The van der Waals surface area contributed by atoms with Gasteiger partial charge in [0.2, 0.25) is 0 Å². The van der Waals surface area contributed by atoms with Crippen LogP contribution in [0.15, 0.2) is 36.4 Å². The number of aryl methyl sites for hydroxylation is 1. The molecule has 5 heteroatoms. The van der Waals surface area contributed by atoms with Crippen LogP contribution < -0.4 is 11.1 Å². The first kappa shape index (κ1) is 15.2. The maximum absolute atomic E-state index is 11.8. The van der Waals surface area contributed by atoms with Crippen molar-refractivity contribution in [3.05, 3.63) is 52.5 Å². The van der Waals surface area contributed by atoms with Gasteiger partial charge in [-0.15, -0.1) is 0 Å². The van der Waals surface area contributed by atoms with E-state index in [-0.39, 0.29) is 0 Å². The molecule has 110 valence electrons. The molecule has 0 aromatic heterocycles. The lowest BCUT2D eigenvalue weighted by molar-refractivity contribution is 0.0527. The summed E-state index contributed by atoms with van der Waals surface area (Å²) in [6, 6.07) is 10.8. The first-order valence-electron chi connectivity index (χ1n) is 6.61. The van der Waals surface area contributed by atoms with Gasteiger partial charge in [-0.2, -0.15) is 0 Å². The van der Waals surface area contributed by atoms with Crippen molar-refractivity contribution in [3.8, 4) is 0 Å². The van der Waals surface area contributed by atoms with Crippen LogP contribution in [0.5, 0.6) is 0 Å². The summed E-state index contributed by atoms with van der Waals surface area (Å²) >= 11 is 6.18. The van der Waals surface area contributed by atoms with E-state index in [1.165, 1.54) is 0 Å². The molecule has 2 aromatic rings. The number of benzene rings is 2. The summed E-state index contributed by atoms with van der Waals surface area (Å²) in [7, 11) is 0. The molecule has 0 spiro atoms. The second-order valence-electron chi connectivity index (χ2n) is 4.63.